The van der Waals surface area contributed by atoms with Crippen LogP contribution < -0.4 is 15.2 Å². The minimum atomic E-state index is -0.235. The first-order valence-electron chi connectivity index (χ1n) is 14.8. The molecule has 0 radical (unpaired) electrons. The van der Waals surface area contributed by atoms with Crippen molar-refractivity contribution in [2.45, 2.75) is 32.3 Å². The molecule has 7 heteroatoms. The highest BCUT2D eigenvalue weighted by Crippen LogP contribution is 2.31. The largest absolute Gasteiger partial charge is 0.492 e. The summed E-state index contributed by atoms with van der Waals surface area (Å²) in [7, 11) is 0. The van der Waals surface area contributed by atoms with Crippen LogP contribution >= 0.6 is 0 Å². The molecule has 1 amide bonds. The van der Waals surface area contributed by atoms with Crippen molar-refractivity contribution in [2.24, 2.45) is 0 Å². The van der Waals surface area contributed by atoms with Crippen molar-refractivity contribution in [1.29, 1.82) is 0 Å². The summed E-state index contributed by atoms with van der Waals surface area (Å²) in [6.07, 6.45) is 4.63. The molecule has 1 heterocycles. The Labute approximate surface area is 251 Å². The monoisotopic (exact) mass is 573 g/mol. The summed E-state index contributed by atoms with van der Waals surface area (Å²) in [5.41, 5.74) is 12.4. The van der Waals surface area contributed by atoms with Gasteiger partial charge in [0.15, 0.2) is 5.78 Å². The van der Waals surface area contributed by atoms with Crippen LogP contribution in [0.2, 0.25) is 0 Å². The number of H-pyrrole nitrogens is 1. The Morgan fingerprint density at radius 2 is 1.58 bits per heavy atom. The number of nitrogens with one attached hydrogen (secondary N) is 1. The highest BCUT2D eigenvalue weighted by atomic mass is 16.5. The molecule has 0 saturated carbocycles. The number of hydrogen-bond donors (Lipinski definition) is 2. The van der Waals surface area contributed by atoms with Crippen molar-refractivity contribution in [2.75, 3.05) is 25.4 Å². The maximum atomic E-state index is 13.5. The van der Waals surface area contributed by atoms with Crippen molar-refractivity contribution in [1.82, 2.24) is 9.88 Å². The summed E-state index contributed by atoms with van der Waals surface area (Å²) in [4.78, 5) is 31.9. The van der Waals surface area contributed by atoms with E-state index in [2.05, 4.69) is 11.1 Å². The number of ether oxygens (including phenoxy) is 2. The fraction of sp³-hybridized carbons (Fsp3) is 0.222. The van der Waals surface area contributed by atoms with Gasteiger partial charge < -0.3 is 25.1 Å². The summed E-state index contributed by atoms with van der Waals surface area (Å²) >= 11 is 0. The first kappa shape index (κ1) is 28.1. The van der Waals surface area contributed by atoms with Crippen molar-refractivity contribution in [3.8, 4) is 11.5 Å². The molecule has 7 nitrogen and oxygen atoms in total. The normalized spacial score (nSPS) is 12.5. The van der Waals surface area contributed by atoms with Crippen molar-refractivity contribution < 1.29 is 19.1 Å². The molecule has 6 rings (SSSR count). The van der Waals surface area contributed by atoms with E-state index in [1.54, 1.807) is 30.3 Å². The van der Waals surface area contributed by atoms with Crippen LogP contribution in [0.1, 0.15) is 50.4 Å². The summed E-state index contributed by atoms with van der Waals surface area (Å²) in [5, 5.41) is 1.25. The van der Waals surface area contributed by atoms with E-state index in [0.717, 1.165) is 29.7 Å². The van der Waals surface area contributed by atoms with Gasteiger partial charge in [0.25, 0.3) is 5.91 Å². The minimum absolute atomic E-state index is 0.108. The zero-order chi connectivity index (χ0) is 29.6. The lowest BCUT2D eigenvalue weighted by Crippen LogP contribution is -2.38. The maximum Gasteiger partial charge on any atom is 0.254 e. The number of fused-ring (bicyclic) bond motifs is 3. The second-order valence-electron chi connectivity index (χ2n) is 10.9. The molecule has 4 aromatic carbocycles. The third-order valence-corrected chi connectivity index (χ3v) is 7.91. The summed E-state index contributed by atoms with van der Waals surface area (Å²) in [6, 6.07) is 29.9. The zero-order valence-electron chi connectivity index (χ0n) is 24.1. The van der Waals surface area contributed by atoms with Gasteiger partial charge in [0.1, 0.15) is 24.7 Å². The molecule has 1 aromatic heterocycles. The number of carbonyl (C=O) groups is 2. The molecule has 0 saturated heterocycles. The second kappa shape index (κ2) is 12.9. The molecule has 218 valence electrons. The third-order valence-electron chi connectivity index (χ3n) is 7.91. The van der Waals surface area contributed by atoms with Gasteiger partial charge in [-0.05, 0) is 79.3 Å². The highest BCUT2D eigenvalue weighted by Gasteiger charge is 2.21. The predicted octanol–water partition coefficient (Wildman–Crippen LogP) is 6.61. The Hall–Kier alpha value is -5.04. The fourth-order valence-corrected chi connectivity index (χ4v) is 5.63. The lowest BCUT2D eigenvalue weighted by atomic mass is 9.96. The molecule has 0 unspecified atom stereocenters. The van der Waals surface area contributed by atoms with Gasteiger partial charge in [-0.2, -0.15) is 0 Å². The number of anilines is 1. The van der Waals surface area contributed by atoms with Gasteiger partial charge in [0.05, 0.1) is 18.8 Å². The van der Waals surface area contributed by atoms with E-state index >= 15 is 0 Å². The number of aromatic amines is 1. The van der Waals surface area contributed by atoms with Crippen molar-refractivity contribution >= 4 is 28.3 Å². The van der Waals surface area contributed by atoms with Crippen LogP contribution in [0.25, 0.3) is 10.9 Å². The van der Waals surface area contributed by atoms with Gasteiger partial charge in [-0.3, -0.25) is 9.59 Å². The number of benzene rings is 4. The maximum absolute atomic E-state index is 13.5. The third kappa shape index (κ3) is 6.56. The first-order chi connectivity index (χ1) is 21.0. The zero-order valence-corrected chi connectivity index (χ0v) is 24.1. The Bertz CT molecular complexity index is 1730. The SMILES string of the molecule is Nc1cc(C(=O)CN(CCOc2ccc3c4c([nH]c3c2)CCCC4)C(=O)c2ccccc2)ccc1OCc1ccccc1. The molecule has 5 aromatic rings. The number of ketones is 1. The fourth-order valence-electron chi connectivity index (χ4n) is 5.63. The van der Waals surface area contributed by atoms with E-state index in [-0.39, 0.29) is 31.4 Å². The van der Waals surface area contributed by atoms with E-state index < -0.39 is 0 Å². The number of amides is 1. The smallest absolute Gasteiger partial charge is 0.254 e. The average Bonchev–Trinajstić information content (AvgIpc) is 3.42. The van der Waals surface area contributed by atoms with Crippen LogP contribution in [-0.4, -0.2) is 41.3 Å². The molecule has 0 aliphatic heterocycles. The number of Topliss-reactive ketones (excluding diaryl/α,β-unsaturated/α-hetero) is 1. The number of aromatic nitrogens is 1. The lowest BCUT2D eigenvalue weighted by molar-refractivity contribution is 0.0686. The van der Waals surface area contributed by atoms with E-state index in [4.69, 9.17) is 15.2 Å². The molecule has 0 spiro atoms. The lowest BCUT2D eigenvalue weighted by Gasteiger charge is -2.22. The molecule has 0 atom stereocenters. The second-order valence-corrected chi connectivity index (χ2v) is 10.9. The molecule has 43 heavy (non-hydrogen) atoms. The van der Waals surface area contributed by atoms with Gasteiger partial charge in [0, 0.05) is 33.8 Å². The number of nitrogens with zero attached hydrogens (tertiary/aromatic N) is 1. The van der Waals surface area contributed by atoms with Crippen LogP contribution in [-0.2, 0) is 19.4 Å². The Kier molecular flexibility index (Phi) is 8.40. The van der Waals surface area contributed by atoms with Crippen LogP contribution in [0.15, 0.2) is 97.1 Å². The molecular formula is C36H35N3O4. The quantitative estimate of drug-likeness (QED) is 0.137. The van der Waals surface area contributed by atoms with Crippen LogP contribution in [0.5, 0.6) is 11.5 Å². The number of hydrogen-bond acceptors (Lipinski definition) is 5. The standard InChI is InChI=1S/C36H35N3O4/c37-31-21-27(15-18-35(31)43-24-25-9-3-1-4-10-25)34(40)23-39(36(41)26-11-5-2-6-12-26)19-20-42-28-16-17-30-29-13-7-8-14-32(29)38-33(30)22-28/h1-6,9-12,15-18,21-22,38H,7-8,13-14,19-20,23-24,37H2. The molecule has 1 aliphatic rings. The Morgan fingerprint density at radius 3 is 2.37 bits per heavy atom. The van der Waals surface area contributed by atoms with Gasteiger partial charge in [-0.25, -0.2) is 0 Å². The highest BCUT2D eigenvalue weighted by molar-refractivity contribution is 6.02. The molecule has 0 bridgehead atoms. The minimum Gasteiger partial charge on any atom is -0.492 e. The van der Waals surface area contributed by atoms with Gasteiger partial charge >= 0.3 is 0 Å². The molecule has 0 fully saturated rings. The van der Waals surface area contributed by atoms with Crippen LogP contribution in [0, 0.1) is 0 Å². The Balaban J connectivity index is 1.13. The number of nitrogen functional groups attached to an aromatic ring is 1. The van der Waals surface area contributed by atoms with Crippen molar-refractivity contribution in [3.05, 3.63) is 125 Å². The van der Waals surface area contributed by atoms with Gasteiger partial charge in [0.2, 0.25) is 0 Å². The van der Waals surface area contributed by atoms with Crippen LogP contribution in [0.4, 0.5) is 5.69 Å². The molecular weight excluding hydrogens is 538 g/mol. The number of carbonyl (C=O) groups excluding carboxylic acids is 2. The number of rotatable bonds is 11. The topological polar surface area (TPSA) is 97.6 Å². The summed E-state index contributed by atoms with van der Waals surface area (Å²) in [5.74, 6) is 0.777. The number of nitrogens with two attached hydrogens (primary N) is 1. The van der Waals surface area contributed by atoms with Gasteiger partial charge in [-0.1, -0.05) is 48.5 Å². The van der Waals surface area contributed by atoms with E-state index in [0.29, 0.717) is 29.2 Å². The van der Waals surface area contributed by atoms with Crippen LogP contribution in [0.3, 0.4) is 0 Å². The number of aryl methyl sites for hydroxylation is 2. The first-order valence-corrected chi connectivity index (χ1v) is 14.8. The average molecular weight is 574 g/mol. The summed E-state index contributed by atoms with van der Waals surface area (Å²) < 4.78 is 11.9. The predicted molar refractivity (Wildman–Crippen MR) is 169 cm³/mol. The van der Waals surface area contributed by atoms with E-state index in [1.165, 1.54) is 34.4 Å². The molecule has 1 aliphatic carbocycles. The van der Waals surface area contributed by atoms with E-state index in [9.17, 15) is 9.59 Å². The summed E-state index contributed by atoms with van der Waals surface area (Å²) in [6.45, 7) is 0.749. The van der Waals surface area contributed by atoms with Gasteiger partial charge in [-0.15, -0.1) is 0 Å². The van der Waals surface area contributed by atoms with Crippen molar-refractivity contribution in [3.63, 3.8) is 0 Å². The van der Waals surface area contributed by atoms with E-state index in [1.807, 2.05) is 60.7 Å². The Morgan fingerprint density at radius 1 is 0.814 bits per heavy atom. The molecule has 3 N–H and O–H groups in total.